The molecule has 2 atom stereocenters. The molecule has 1 saturated carbocycles. The summed E-state index contributed by atoms with van der Waals surface area (Å²) in [6.07, 6.45) is 0.957. The van der Waals surface area contributed by atoms with E-state index in [2.05, 4.69) is 22.4 Å². The summed E-state index contributed by atoms with van der Waals surface area (Å²) in [5.41, 5.74) is 2.50. The second kappa shape index (κ2) is 5.43. The Bertz CT molecular complexity index is 911. The van der Waals surface area contributed by atoms with Crippen molar-refractivity contribution in [1.29, 1.82) is 0 Å². The molecule has 0 unspecified atom stereocenters. The molecule has 4 rings (SSSR count). The molecule has 1 aliphatic carbocycles. The Morgan fingerprint density at radius 3 is 2.70 bits per heavy atom. The quantitative estimate of drug-likeness (QED) is 0.774. The third-order valence-corrected chi connectivity index (χ3v) is 4.35. The zero-order valence-corrected chi connectivity index (χ0v) is 12.5. The largest absolute Gasteiger partial charge is 0.351 e. The lowest BCUT2D eigenvalue weighted by Gasteiger charge is -2.06. The molecule has 2 N–H and O–H groups in total. The van der Waals surface area contributed by atoms with Crippen molar-refractivity contribution in [1.82, 2.24) is 14.9 Å². The fourth-order valence-electron chi connectivity index (χ4n) is 3.08. The van der Waals surface area contributed by atoms with E-state index in [1.807, 2.05) is 42.5 Å². The molecular formula is C18H17N3O2. The summed E-state index contributed by atoms with van der Waals surface area (Å²) >= 11 is 0. The molecule has 23 heavy (non-hydrogen) atoms. The van der Waals surface area contributed by atoms with E-state index in [4.69, 9.17) is 0 Å². The summed E-state index contributed by atoms with van der Waals surface area (Å²) in [6, 6.07) is 17.7. The van der Waals surface area contributed by atoms with Crippen LogP contribution in [0.25, 0.3) is 11.0 Å². The zero-order chi connectivity index (χ0) is 15.8. The number of nitrogens with one attached hydrogen (secondary N) is 2. The Morgan fingerprint density at radius 2 is 1.87 bits per heavy atom. The number of nitrogens with zero attached hydrogens (tertiary/aromatic N) is 1. The summed E-state index contributed by atoms with van der Waals surface area (Å²) in [6.45, 7) is 0.0425. The zero-order valence-electron chi connectivity index (χ0n) is 12.5. The van der Waals surface area contributed by atoms with Gasteiger partial charge in [0.15, 0.2) is 0 Å². The van der Waals surface area contributed by atoms with Crippen LogP contribution in [0.2, 0.25) is 0 Å². The van der Waals surface area contributed by atoms with Gasteiger partial charge in [0.2, 0.25) is 5.91 Å². The highest BCUT2D eigenvalue weighted by Crippen LogP contribution is 2.40. The van der Waals surface area contributed by atoms with Gasteiger partial charge in [-0.05, 0) is 24.1 Å². The number of carbonyl (C=O) groups is 1. The van der Waals surface area contributed by atoms with Gasteiger partial charge in [-0.2, -0.15) is 0 Å². The topological polar surface area (TPSA) is 66.9 Å². The van der Waals surface area contributed by atoms with Gasteiger partial charge >= 0.3 is 5.69 Å². The van der Waals surface area contributed by atoms with Crippen LogP contribution in [0.3, 0.4) is 0 Å². The average molecular weight is 307 g/mol. The smallest absolute Gasteiger partial charge is 0.326 e. The van der Waals surface area contributed by atoms with Crippen molar-refractivity contribution in [3.8, 4) is 0 Å². The predicted octanol–water partition coefficient (Wildman–Crippen LogP) is 2.00. The molecule has 1 fully saturated rings. The minimum Gasteiger partial charge on any atom is -0.351 e. The maximum atomic E-state index is 12.2. The van der Waals surface area contributed by atoms with E-state index in [9.17, 15) is 9.59 Å². The molecule has 0 saturated heterocycles. The monoisotopic (exact) mass is 307 g/mol. The number of imidazole rings is 1. The highest BCUT2D eigenvalue weighted by Gasteiger charge is 2.39. The number of hydrogen-bond acceptors (Lipinski definition) is 2. The number of H-pyrrole nitrogens is 1. The standard InChI is InChI=1S/C18H17N3O2/c22-17(19-15-10-13(15)12-6-2-1-3-7-12)11-21-16-9-5-4-8-14(16)20-18(21)23/h1-9,13,15H,10-11H2,(H,19,22)(H,20,23)/t13-,15+/m0/s1. The Labute approximate surface area is 133 Å². The van der Waals surface area contributed by atoms with Crippen molar-refractivity contribution in [3.05, 3.63) is 70.6 Å². The maximum absolute atomic E-state index is 12.2. The van der Waals surface area contributed by atoms with Crippen molar-refractivity contribution in [2.45, 2.75) is 24.9 Å². The van der Waals surface area contributed by atoms with Crippen LogP contribution in [0.15, 0.2) is 59.4 Å². The van der Waals surface area contributed by atoms with Crippen molar-refractivity contribution >= 4 is 16.9 Å². The van der Waals surface area contributed by atoms with Gasteiger partial charge in [-0.3, -0.25) is 9.36 Å². The number of aromatic amines is 1. The Balaban J connectivity index is 1.45. The number of fused-ring (bicyclic) bond motifs is 1. The lowest BCUT2D eigenvalue weighted by molar-refractivity contribution is -0.121. The molecule has 0 radical (unpaired) electrons. The van der Waals surface area contributed by atoms with Crippen molar-refractivity contribution in [2.75, 3.05) is 0 Å². The van der Waals surface area contributed by atoms with Gasteiger partial charge in [-0.1, -0.05) is 42.5 Å². The number of carbonyl (C=O) groups excluding carboxylic acids is 1. The molecule has 1 aliphatic rings. The summed E-state index contributed by atoms with van der Waals surface area (Å²) in [7, 11) is 0. The maximum Gasteiger partial charge on any atom is 0.326 e. The van der Waals surface area contributed by atoms with E-state index >= 15 is 0 Å². The highest BCUT2D eigenvalue weighted by molar-refractivity contribution is 5.81. The first-order valence-corrected chi connectivity index (χ1v) is 7.74. The third-order valence-electron chi connectivity index (χ3n) is 4.35. The SMILES string of the molecule is O=C(Cn1c(=O)[nH]c2ccccc21)N[C@@H]1C[C@H]1c1ccccc1. The highest BCUT2D eigenvalue weighted by atomic mass is 16.2. The molecule has 0 aliphatic heterocycles. The minimum atomic E-state index is -0.253. The molecule has 5 nitrogen and oxygen atoms in total. The average Bonchev–Trinajstić information content (AvgIpc) is 3.26. The van der Waals surface area contributed by atoms with Crippen LogP contribution >= 0.6 is 0 Å². The fraction of sp³-hybridized carbons (Fsp3) is 0.222. The Kier molecular flexibility index (Phi) is 3.26. The fourth-order valence-corrected chi connectivity index (χ4v) is 3.08. The summed E-state index contributed by atoms with van der Waals surface area (Å²) < 4.78 is 1.48. The molecule has 3 aromatic rings. The second-order valence-electron chi connectivity index (χ2n) is 5.96. The number of benzene rings is 2. The van der Waals surface area contributed by atoms with Gasteiger partial charge in [-0.15, -0.1) is 0 Å². The summed E-state index contributed by atoms with van der Waals surface area (Å²) in [4.78, 5) is 27.0. The Morgan fingerprint density at radius 1 is 1.13 bits per heavy atom. The molecular weight excluding hydrogens is 290 g/mol. The van der Waals surface area contributed by atoms with Crippen LogP contribution in [-0.4, -0.2) is 21.5 Å². The van der Waals surface area contributed by atoms with Gasteiger partial charge in [0, 0.05) is 12.0 Å². The number of para-hydroxylation sites is 2. The number of rotatable bonds is 4. The molecule has 1 aromatic heterocycles. The Hall–Kier alpha value is -2.82. The lowest BCUT2D eigenvalue weighted by atomic mass is 10.1. The van der Waals surface area contributed by atoms with Crippen LogP contribution in [0.4, 0.5) is 0 Å². The van der Waals surface area contributed by atoms with Crippen LogP contribution < -0.4 is 11.0 Å². The van der Waals surface area contributed by atoms with E-state index in [1.54, 1.807) is 0 Å². The van der Waals surface area contributed by atoms with Crippen molar-refractivity contribution in [2.24, 2.45) is 0 Å². The van der Waals surface area contributed by atoms with Crippen LogP contribution in [-0.2, 0) is 11.3 Å². The van der Waals surface area contributed by atoms with E-state index in [1.165, 1.54) is 10.1 Å². The number of hydrogen-bond donors (Lipinski definition) is 2. The molecule has 5 heteroatoms. The summed E-state index contributed by atoms with van der Waals surface area (Å²) in [5, 5.41) is 3.02. The first-order valence-electron chi connectivity index (χ1n) is 7.74. The van der Waals surface area contributed by atoms with Crippen LogP contribution in [0.5, 0.6) is 0 Å². The first-order chi connectivity index (χ1) is 11.2. The van der Waals surface area contributed by atoms with Gasteiger partial charge in [0.1, 0.15) is 6.54 Å². The number of aromatic nitrogens is 2. The normalized spacial score (nSPS) is 19.7. The van der Waals surface area contributed by atoms with Crippen molar-refractivity contribution < 1.29 is 4.79 Å². The van der Waals surface area contributed by atoms with Crippen LogP contribution in [0, 0.1) is 0 Å². The minimum absolute atomic E-state index is 0.0425. The molecule has 116 valence electrons. The number of amides is 1. The van der Waals surface area contributed by atoms with E-state index in [-0.39, 0.29) is 24.2 Å². The molecule has 1 heterocycles. The molecule has 0 bridgehead atoms. The molecule has 0 spiro atoms. The van der Waals surface area contributed by atoms with Crippen molar-refractivity contribution in [3.63, 3.8) is 0 Å². The van der Waals surface area contributed by atoms with Gasteiger partial charge in [0.25, 0.3) is 0 Å². The second-order valence-corrected chi connectivity index (χ2v) is 5.96. The van der Waals surface area contributed by atoms with E-state index in [0.717, 1.165) is 17.5 Å². The van der Waals surface area contributed by atoms with Gasteiger partial charge in [-0.25, -0.2) is 4.79 Å². The molecule has 2 aromatic carbocycles. The predicted molar refractivity (Wildman–Crippen MR) is 88.3 cm³/mol. The van der Waals surface area contributed by atoms with Gasteiger partial charge in [0.05, 0.1) is 11.0 Å². The summed E-state index contributed by atoms with van der Waals surface area (Å²) in [5.74, 6) is 0.264. The van der Waals surface area contributed by atoms with E-state index in [0.29, 0.717) is 5.92 Å². The molecule has 1 amide bonds. The lowest BCUT2D eigenvalue weighted by Crippen LogP contribution is -2.33. The first kappa shape index (κ1) is 13.8. The van der Waals surface area contributed by atoms with Gasteiger partial charge < -0.3 is 10.3 Å². The van der Waals surface area contributed by atoms with E-state index < -0.39 is 0 Å². The third kappa shape index (κ3) is 2.65. The van der Waals surface area contributed by atoms with Crippen LogP contribution in [0.1, 0.15) is 17.9 Å².